The molecule has 6 nitrogen and oxygen atoms in total. The Morgan fingerprint density at radius 2 is 1.88 bits per heavy atom. The molecule has 1 heterocycles. The molecule has 0 saturated heterocycles. The minimum absolute atomic E-state index is 0.174. The largest absolute Gasteiger partial charge is 0.474 e. The molecule has 0 fully saturated rings. The lowest BCUT2D eigenvalue weighted by Gasteiger charge is -2.12. The van der Waals surface area contributed by atoms with Gasteiger partial charge in [-0.25, -0.2) is 4.98 Å². The minimum Gasteiger partial charge on any atom is -0.474 e. The molecule has 0 radical (unpaired) electrons. The van der Waals surface area contributed by atoms with Gasteiger partial charge in [0.2, 0.25) is 5.88 Å². The van der Waals surface area contributed by atoms with E-state index in [0.29, 0.717) is 24.9 Å². The van der Waals surface area contributed by atoms with Crippen LogP contribution in [0.3, 0.4) is 0 Å². The van der Waals surface area contributed by atoms with E-state index in [9.17, 15) is 0 Å². The average Bonchev–Trinajstić information content (AvgIpc) is 2.24. The van der Waals surface area contributed by atoms with Crippen molar-refractivity contribution in [2.75, 3.05) is 31.8 Å². The zero-order valence-electron chi connectivity index (χ0n) is 9.86. The molecule has 0 saturated carbocycles. The highest BCUT2D eigenvalue weighted by Crippen LogP contribution is 2.25. The molecule has 0 aliphatic heterocycles. The molecular formula is C10H18N4O2. The van der Waals surface area contributed by atoms with Crippen molar-refractivity contribution in [3.05, 3.63) is 5.82 Å². The molecule has 0 aromatic carbocycles. The Hall–Kier alpha value is -1.56. The predicted octanol–water partition coefficient (Wildman–Crippen LogP) is 0.790. The molecule has 0 unspecified atom stereocenters. The fourth-order valence-corrected chi connectivity index (χ4v) is 1.07. The lowest BCUT2D eigenvalue weighted by Crippen LogP contribution is -2.12. The van der Waals surface area contributed by atoms with Crippen LogP contribution in [0.15, 0.2) is 0 Å². The Balaban J connectivity index is 2.88. The molecule has 0 bridgehead atoms. The normalized spacial score (nSPS) is 10.8. The van der Waals surface area contributed by atoms with E-state index in [2.05, 4.69) is 9.97 Å². The molecule has 0 amide bonds. The van der Waals surface area contributed by atoms with Crippen LogP contribution in [0.1, 0.15) is 25.6 Å². The summed E-state index contributed by atoms with van der Waals surface area (Å²) in [7, 11) is 1.60. The first-order valence-corrected chi connectivity index (χ1v) is 5.10. The van der Waals surface area contributed by atoms with Gasteiger partial charge in [0.05, 0.1) is 6.61 Å². The number of methoxy groups -OCH3 is 1. The van der Waals surface area contributed by atoms with Gasteiger partial charge in [0.1, 0.15) is 18.1 Å². The molecule has 0 spiro atoms. The van der Waals surface area contributed by atoms with Crippen LogP contribution in [-0.4, -0.2) is 30.3 Å². The van der Waals surface area contributed by atoms with E-state index >= 15 is 0 Å². The zero-order valence-corrected chi connectivity index (χ0v) is 9.86. The molecule has 1 aromatic heterocycles. The highest BCUT2D eigenvalue weighted by atomic mass is 16.5. The van der Waals surface area contributed by atoms with Gasteiger partial charge in [-0.05, 0) is 0 Å². The highest BCUT2D eigenvalue weighted by Gasteiger charge is 2.12. The monoisotopic (exact) mass is 226 g/mol. The van der Waals surface area contributed by atoms with Gasteiger partial charge >= 0.3 is 0 Å². The first kappa shape index (κ1) is 12.5. The van der Waals surface area contributed by atoms with E-state index in [0.717, 1.165) is 0 Å². The number of hydrogen-bond acceptors (Lipinski definition) is 6. The second-order valence-electron chi connectivity index (χ2n) is 3.68. The Morgan fingerprint density at radius 3 is 2.44 bits per heavy atom. The maximum absolute atomic E-state index is 5.72. The van der Waals surface area contributed by atoms with Crippen molar-refractivity contribution in [2.24, 2.45) is 0 Å². The van der Waals surface area contributed by atoms with Crippen LogP contribution in [-0.2, 0) is 4.74 Å². The summed E-state index contributed by atoms with van der Waals surface area (Å²) >= 11 is 0. The molecule has 1 aromatic rings. The molecule has 0 atom stereocenters. The smallest absolute Gasteiger partial charge is 0.242 e. The molecule has 4 N–H and O–H groups in total. The molecule has 0 aliphatic rings. The topological polar surface area (TPSA) is 96.3 Å². The van der Waals surface area contributed by atoms with Crippen LogP contribution in [0.2, 0.25) is 0 Å². The van der Waals surface area contributed by atoms with E-state index in [1.54, 1.807) is 7.11 Å². The van der Waals surface area contributed by atoms with Crippen LogP contribution in [0, 0.1) is 0 Å². The Morgan fingerprint density at radius 1 is 1.19 bits per heavy atom. The first-order chi connectivity index (χ1) is 7.56. The van der Waals surface area contributed by atoms with Gasteiger partial charge in [0, 0.05) is 13.0 Å². The van der Waals surface area contributed by atoms with Crippen molar-refractivity contribution < 1.29 is 9.47 Å². The Bertz CT molecular complexity index is 355. The molecular weight excluding hydrogens is 208 g/mol. The number of ether oxygens (including phenoxy) is 2. The Kier molecular flexibility index (Phi) is 4.30. The average molecular weight is 226 g/mol. The molecule has 6 heteroatoms. The second kappa shape index (κ2) is 5.50. The van der Waals surface area contributed by atoms with Gasteiger partial charge in [0.15, 0.2) is 5.82 Å². The minimum atomic E-state index is 0.174. The summed E-state index contributed by atoms with van der Waals surface area (Å²) < 4.78 is 10.2. The van der Waals surface area contributed by atoms with Crippen molar-refractivity contribution in [3.63, 3.8) is 0 Å². The quantitative estimate of drug-likeness (QED) is 0.720. The third kappa shape index (κ3) is 2.96. The Labute approximate surface area is 95.0 Å². The number of rotatable bonds is 5. The summed E-state index contributed by atoms with van der Waals surface area (Å²) in [4.78, 5) is 8.30. The maximum Gasteiger partial charge on any atom is 0.242 e. The van der Waals surface area contributed by atoms with Crippen LogP contribution in [0.25, 0.3) is 0 Å². The second-order valence-corrected chi connectivity index (χ2v) is 3.68. The molecule has 16 heavy (non-hydrogen) atoms. The van der Waals surface area contributed by atoms with Crippen molar-refractivity contribution in [2.45, 2.75) is 19.8 Å². The summed E-state index contributed by atoms with van der Waals surface area (Å²) in [6.07, 6.45) is 0. The summed E-state index contributed by atoms with van der Waals surface area (Å²) in [5.74, 6) is 1.38. The van der Waals surface area contributed by atoms with Crippen LogP contribution in [0.5, 0.6) is 5.88 Å². The number of hydrogen-bond donors (Lipinski definition) is 2. The lowest BCUT2D eigenvalue weighted by atomic mass is 10.2. The maximum atomic E-state index is 5.72. The zero-order chi connectivity index (χ0) is 12.1. The highest BCUT2D eigenvalue weighted by molar-refractivity contribution is 5.64. The van der Waals surface area contributed by atoms with Crippen molar-refractivity contribution in [1.29, 1.82) is 0 Å². The standard InChI is InChI=1S/C10H18N4O2/c1-6(2)9-13-8(12)7(11)10(14-9)16-5-4-15-3/h6H,4-5,11H2,1-3H3,(H2,12,13,14). The fraction of sp³-hybridized carbons (Fsp3) is 0.600. The van der Waals surface area contributed by atoms with E-state index in [1.807, 2.05) is 13.8 Å². The summed E-state index contributed by atoms with van der Waals surface area (Å²) in [5, 5.41) is 0. The van der Waals surface area contributed by atoms with E-state index in [4.69, 9.17) is 20.9 Å². The van der Waals surface area contributed by atoms with E-state index in [-0.39, 0.29) is 17.4 Å². The predicted molar refractivity (Wildman–Crippen MR) is 62.3 cm³/mol. The van der Waals surface area contributed by atoms with Crippen molar-refractivity contribution in [1.82, 2.24) is 9.97 Å². The number of anilines is 2. The van der Waals surface area contributed by atoms with Gasteiger partial charge in [-0.15, -0.1) is 0 Å². The third-order valence-corrected chi connectivity index (χ3v) is 2.00. The van der Waals surface area contributed by atoms with Gasteiger partial charge in [-0.3, -0.25) is 0 Å². The fourth-order valence-electron chi connectivity index (χ4n) is 1.07. The van der Waals surface area contributed by atoms with Gasteiger partial charge in [-0.1, -0.05) is 13.8 Å². The SMILES string of the molecule is COCCOc1nc(C(C)C)nc(N)c1N. The molecule has 0 aliphatic carbocycles. The lowest BCUT2D eigenvalue weighted by molar-refractivity contribution is 0.144. The van der Waals surface area contributed by atoms with Crippen LogP contribution in [0.4, 0.5) is 11.5 Å². The molecule has 90 valence electrons. The van der Waals surface area contributed by atoms with Gasteiger partial charge < -0.3 is 20.9 Å². The number of nitrogens with two attached hydrogens (primary N) is 2. The summed E-state index contributed by atoms with van der Waals surface area (Å²) in [5.41, 5.74) is 11.7. The van der Waals surface area contributed by atoms with E-state index < -0.39 is 0 Å². The summed E-state index contributed by atoms with van der Waals surface area (Å²) in [6, 6.07) is 0. The van der Waals surface area contributed by atoms with E-state index in [1.165, 1.54) is 0 Å². The van der Waals surface area contributed by atoms with Crippen molar-refractivity contribution in [3.8, 4) is 5.88 Å². The van der Waals surface area contributed by atoms with Gasteiger partial charge in [-0.2, -0.15) is 4.98 Å². The first-order valence-electron chi connectivity index (χ1n) is 5.10. The van der Waals surface area contributed by atoms with Crippen LogP contribution >= 0.6 is 0 Å². The van der Waals surface area contributed by atoms with Gasteiger partial charge in [0.25, 0.3) is 0 Å². The number of nitrogens with zero attached hydrogens (tertiary/aromatic N) is 2. The molecule has 1 rings (SSSR count). The number of nitrogen functional groups attached to an aromatic ring is 2. The van der Waals surface area contributed by atoms with Crippen LogP contribution < -0.4 is 16.2 Å². The number of aromatic nitrogens is 2. The summed E-state index contributed by atoms with van der Waals surface area (Å²) in [6.45, 7) is 4.81. The van der Waals surface area contributed by atoms with Crippen molar-refractivity contribution >= 4 is 11.5 Å². The third-order valence-electron chi connectivity index (χ3n) is 2.00.